The smallest absolute Gasteiger partial charge is 0.119 e. The van der Waals surface area contributed by atoms with E-state index in [1.807, 2.05) is 24.3 Å². The Labute approximate surface area is 166 Å². The molecule has 2 aromatic rings. The van der Waals surface area contributed by atoms with Gasteiger partial charge in [0.2, 0.25) is 0 Å². The van der Waals surface area contributed by atoms with E-state index >= 15 is 0 Å². The third-order valence-electron chi connectivity index (χ3n) is 6.64. The number of aliphatic hydroxyl groups is 1. The van der Waals surface area contributed by atoms with Crippen molar-refractivity contribution in [2.75, 3.05) is 13.7 Å². The zero-order chi connectivity index (χ0) is 18.9. The molecule has 4 atom stereocenters. The minimum Gasteiger partial charge on any atom is -0.497 e. The van der Waals surface area contributed by atoms with Gasteiger partial charge in [0, 0.05) is 28.5 Å². The number of benzene rings is 2. The highest BCUT2D eigenvalue weighted by molar-refractivity contribution is 6.31. The van der Waals surface area contributed by atoms with Crippen molar-refractivity contribution in [3.8, 4) is 5.75 Å². The van der Waals surface area contributed by atoms with E-state index in [1.54, 1.807) is 7.11 Å². The first-order valence-corrected chi connectivity index (χ1v) is 10.4. The molecular weight excluding hydrogens is 358 g/mol. The molecule has 1 aliphatic carbocycles. The number of rotatable bonds is 4. The molecule has 0 spiro atoms. The number of halogens is 1. The van der Waals surface area contributed by atoms with Gasteiger partial charge in [0.05, 0.1) is 19.3 Å². The highest BCUT2D eigenvalue weighted by Crippen LogP contribution is 2.44. The van der Waals surface area contributed by atoms with Crippen molar-refractivity contribution < 1.29 is 14.7 Å². The molecule has 0 bridgehead atoms. The quantitative estimate of drug-likeness (QED) is 0.838. The second-order valence-corrected chi connectivity index (χ2v) is 8.54. The largest absolute Gasteiger partial charge is 0.497 e. The Hall–Kier alpha value is -1.55. The van der Waals surface area contributed by atoms with Gasteiger partial charge in [-0.1, -0.05) is 42.6 Å². The summed E-state index contributed by atoms with van der Waals surface area (Å²) < 4.78 is 5.35. The normalized spacial score (nSPS) is 30.6. The zero-order valence-electron chi connectivity index (χ0n) is 16.0. The van der Waals surface area contributed by atoms with Gasteiger partial charge in [-0.2, -0.15) is 0 Å². The van der Waals surface area contributed by atoms with Crippen molar-refractivity contribution in [3.05, 3.63) is 64.7 Å². The van der Waals surface area contributed by atoms with Crippen molar-refractivity contribution >= 4 is 11.6 Å². The fraction of sp³-hybridized carbons (Fsp3) is 0.478. The van der Waals surface area contributed by atoms with Gasteiger partial charge in [-0.3, -0.25) is 0 Å². The molecule has 3 nitrogen and oxygen atoms in total. The van der Waals surface area contributed by atoms with Crippen LogP contribution in [0.3, 0.4) is 0 Å². The van der Waals surface area contributed by atoms with Crippen molar-refractivity contribution in [3.63, 3.8) is 0 Å². The topological polar surface area (TPSA) is 33.9 Å². The van der Waals surface area contributed by atoms with E-state index in [4.69, 9.17) is 16.3 Å². The summed E-state index contributed by atoms with van der Waals surface area (Å²) in [6, 6.07) is 16.9. The van der Waals surface area contributed by atoms with Crippen molar-refractivity contribution in [1.82, 2.24) is 0 Å². The summed E-state index contributed by atoms with van der Waals surface area (Å²) in [4.78, 5) is 1.50. The van der Waals surface area contributed by atoms with Gasteiger partial charge >= 0.3 is 0 Å². The van der Waals surface area contributed by atoms with Gasteiger partial charge in [0.1, 0.15) is 18.3 Å². The average Bonchev–Trinajstić information content (AvgIpc) is 2.70. The lowest BCUT2D eigenvalue weighted by atomic mass is 9.66. The van der Waals surface area contributed by atoms with Crippen LogP contribution >= 0.6 is 11.6 Å². The fourth-order valence-corrected chi connectivity index (χ4v) is 5.42. The zero-order valence-corrected chi connectivity index (χ0v) is 16.7. The van der Waals surface area contributed by atoms with Gasteiger partial charge in [0.15, 0.2) is 0 Å². The number of ether oxygens (including phenoxy) is 1. The summed E-state index contributed by atoms with van der Waals surface area (Å²) in [5.41, 5.74) is 1.96. The van der Waals surface area contributed by atoms with Gasteiger partial charge in [-0.15, -0.1) is 0 Å². The van der Waals surface area contributed by atoms with Crippen molar-refractivity contribution in [1.29, 1.82) is 0 Å². The molecular formula is C23H29ClNO2+. The Morgan fingerprint density at radius 3 is 2.63 bits per heavy atom. The molecule has 2 fully saturated rings. The number of quaternary nitrogens is 1. The number of nitrogens with one attached hydrogen (secondary N) is 1. The average molecular weight is 387 g/mol. The van der Waals surface area contributed by atoms with E-state index in [9.17, 15) is 5.11 Å². The monoisotopic (exact) mass is 386 g/mol. The van der Waals surface area contributed by atoms with Crippen LogP contribution in [0.1, 0.15) is 49.3 Å². The van der Waals surface area contributed by atoms with Crippen LogP contribution in [-0.2, 0) is 6.54 Å². The van der Waals surface area contributed by atoms with Crippen molar-refractivity contribution in [2.45, 2.75) is 50.3 Å². The number of fused-ring (bicyclic) bond motifs is 1. The Morgan fingerprint density at radius 2 is 1.89 bits per heavy atom. The van der Waals surface area contributed by atoms with E-state index in [0.717, 1.165) is 49.5 Å². The second-order valence-electron chi connectivity index (χ2n) is 8.13. The summed E-state index contributed by atoms with van der Waals surface area (Å²) in [6.07, 6.45) is 5.26. The van der Waals surface area contributed by atoms with Gasteiger partial charge in [-0.25, -0.2) is 0 Å². The van der Waals surface area contributed by atoms with Gasteiger partial charge in [0.25, 0.3) is 0 Å². The summed E-state index contributed by atoms with van der Waals surface area (Å²) in [6.45, 7) is 1.86. The molecule has 1 aliphatic heterocycles. The number of methoxy groups -OCH3 is 1. The van der Waals surface area contributed by atoms with Crippen LogP contribution in [0.25, 0.3) is 0 Å². The van der Waals surface area contributed by atoms with Gasteiger partial charge < -0.3 is 14.7 Å². The maximum Gasteiger partial charge on any atom is 0.119 e. The molecule has 2 aliphatic rings. The SMILES string of the molecule is COc1ccc([C@H]2[C@@H]3CCCC[C@]3(O)CC[NH+]2Cc2ccccc2Cl)cc1. The Balaban J connectivity index is 1.69. The van der Waals surface area contributed by atoms with E-state index < -0.39 is 5.60 Å². The molecule has 144 valence electrons. The molecule has 1 saturated carbocycles. The molecule has 2 aromatic carbocycles. The highest BCUT2D eigenvalue weighted by atomic mass is 35.5. The predicted octanol–water partition coefficient (Wildman–Crippen LogP) is 3.80. The molecule has 0 amide bonds. The lowest BCUT2D eigenvalue weighted by Gasteiger charge is -2.50. The van der Waals surface area contributed by atoms with E-state index in [2.05, 4.69) is 24.3 Å². The molecule has 0 radical (unpaired) electrons. The minimum atomic E-state index is -0.521. The molecule has 1 saturated heterocycles. The van der Waals surface area contributed by atoms with Crippen LogP contribution < -0.4 is 9.64 Å². The molecule has 4 rings (SSSR count). The standard InChI is InChI=1S/C23H28ClNO2/c1-27-19-11-9-17(10-12-19)22-20-7-4-5-13-23(20,26)14-15-25(22)16-18-6-2-3-8-21(18)24/h2-3,6,8-12,20,22,26H,4-5,7,13-16H2,1H3/p+1/t20-,22-,23-/m0/s1. The summed E-state index contributed by atoms with van der Waals surface area (Å²) in [7, 11) is 1.70. The number of likely N-dealkylation sites (tertiary alicyclic amines) is 1. The van der Waals surface area contributed by atoms with Crippen LogP contribution in [0.15, 0.2) is 48.5 Å². The van der Waals surface area contributed by atoms with Crippen LogP contribution in [0.4, 0.5) is 0 Å². The second kappa shape index (κ2) is 7.83. The number of hydrogen-bond acceptors (Lipinski definition) is 2. The minimum absolute atomic E-state index is 0.284. The lowest BCUT2D eigenvalue weighted by molar-refractivity contribution is -0.958. The first-order chi connectivity index (χ1) is 13.1. The maximum atomic E-state index is 11.4. The number of piperidine rings is 1. The van der Waals surface area contributed by atoms with Crippen LogP contribution in [0.2, 0.25) is 5.02 Å². The highest BCUT2D eigenvalue weighted by Gasteiger charge is 2.51. The van der Waals surface area contributed by atoms with Crippen LogP contribution in [0, 0.1) is 5.92 Å². The molecule has 0 aromatic heterocycles. The maximum absolute atomic E-state index is 11.4. The number of hydrogen-bond donors (Lipinski definition) is 2. The third kappa shape index (κ3) is 3.73. The van der Waals surface area contributed by atoms with Gasteiger partial charge in [-0.05, 0) is 43.2 Å². The first-order valence-electron chi connectivity index (χ1n) is 10.0. The third-order valence-corrected chi connectivity index (χ3v) is 7.01. The first kappa shape index (κ1) is 18.8. The Morgan fingerprint density at radius 1 is 1.11 bits per heavy atom. The van der Waals surface area contributed by atoms with Crippen LogP contribution in [0.5, 0.6) is 5.75 Å². The van der Waals surface area contributed by atoms with Crippen LogP contribution in [-0.4, -0.2) is 24.4 Å². The van der Waals surface area contributed by atoms with E-state index in [0.29, 0.717) is 5.92 Å². The molecule has 1 heterocycles. The summed E-state index contributed by atoms with van der Waals surface area (Å²) >= 11 is 6.46. The molecule has 27 heavy (non-hydrogen) atoms. The molecule has 4 heteroatoms. The lowest BCUT2D eigenvalue weighted by Crippen LogP contribution is -3.13. The molecule has 1 unspecified atom stereocenters. The van der Waals surface area contributed by atoms with E-state index in [1.165, 1.54) is 22.4 Å². The summed E-state index contributed by atoms with van der Waals surface area (Å²) in [5.74, 6) is 1.17. The van der Waals surface area contributed by atoms with Crippen molar-refractivity contribution in [2.24, 2.45) is 5.92 Å². The Kier molecular flexibility index (Phi) is 5.45. The summed E-state index contributed by atoms with van der Waals surface area (Å²) in [5, 5.41) is 12.2. The Bertz CT molecular complexity index is 778. The fourth-order valence-electron chi connectivity index (χ4n) is 5.22. The predicted molar refractivity (Wildman–Crippen MR) is 108 cm³/mol. The molecule has 2 N–H and O–H groups in total. The van der Waals surface area contributed by atoms with E-state index in [-0.39, 0.29) is 6.04 Å².